The van der Waals surface area contributed by atoms with E-state index in [1.54, 1.807) is 44.2 Å². The quantitative estimate of drug-likeness (QED) is 0.785. The number of urea groups is 1. The molecule has 0 saturated carbocycles. The standard InChI is InChI=1S/C19H19N3O3/c1-19(2)17(23)16(14-10-12(11-20)8-9-15(14)25-19)22-18(24)21-13-6-4-3-5-7-13/h3-10,16-17,23H,1-2H3,(H2,21,22,24)/t16-,17-/m1/s1. The van der Waals surface area contributed by atoms with Crippen molar-refractivity contribution in [2.45, 2.75) is 31.6 Å². The molecule has 0 radical (unpaired) electrons. The number of rotatable bonds is 2. The molecule has 6 heteroatoms. The van der Waals surface area contributed by atoms with Crippen LogP contribution in [0.4, 0.5) is 10.5 Å². The number of nitriles is 1. The Hall–Kier alpha value is -3.04. The predicted molar refractivity (Wildman–Crippen MR) is 93.2 cm³/mol. The van der Waals surface area contributed by atoms with Crippen LogP contribution in [-0.2, 0) is 0 Å². The van der Waals surface area contributed by atoms with Gasteiger partial charge in [0.2, 0.25) is 0 Å². The Morgan fingerprint density at radius 2 is 1.96 bits per heavy atom. The molecule has 1 aliphatic heterocycles. The average molecular weight is 337 g/mol. The number of nitrogens with zero attached hydrogens (tertiary/aromatic N) is 1. The lowest BCUT2D eigenvalue weighted by atomic mass is 9.86. The van der Waals surface area contributed by atoms with Crippen LogP contribution < -0.4 is 15.4 Å². The van der Waals surface area contributed by atoms with E-state index in [1.165, 1.54) is 0 Å². The number of aliphatic hydroxyl groups excluding tert-OH is 1. The molecule has 0 unspecified atom stereocenters. The van der Waals surface area contributed by atoms with Gasteiger partial charge in [0.25, 0.3) is 0 Å². The van der Waals surface area contributed by atoms with E-state index in [2.05, 4.69) is 16.7 Å². The van der Waals surface area contributed by atoms with Crippen molar-refractivity contribution in [1.82, 2.24) is 5.32 Å². The normalized spacial score (nSPS) is 20.6. The van der Waals surface area contributed by atoms with Crippen LogP contribution in [0.15, 0.2) is 48.5 Å². The van der Waals surface area contributed by atoms with Crippen LogP contribution in [0, 0.1) is 11.3 Å². The van der Waals surface area contributed by atoms with Gasteiger partial charge in [0.05, 0.1) is 17.7 Å². The lowest BCUT2D eigenvalue weighted by Gasteiger charge is -2.42. The third-order valence-electron chi connectivity index (χ3n) is 4.19. The molecule has 0 bridgehead atoms. The third-order valence-corrected chi connectivity index (χ3v) is 4.19. The highest BCUT2D eigenvalue weighted by Gasteiger charge is 2.43. The Morgan fingerprint density at radius 3 is 2.64 bits per heavy atom. The van der Waals surface area contributed by atoms with Gasteiger partial charge in [-0.1, -0.05) is 18.2 Å². The maximum Gasteiger partial charge on any atom is 0.319 e. The Labute approximate surface area is 146 Å². The summed E-state index contributed by atoms with van der Waals surface area (Å²) in [6, 6.07) is 14.9. The molecule has 25 heavy (non-hydrogen) atoms. The van der Waals surface area contributed by atoms with Crippen molar-refractivity contribution in [2.24, 2.45) is 0 Å². The summed E-state index contributed by atoms with van der Waals surface area (Å²) in [5.41, 5.74) is 0.775. The van der Waals surface area contributed by atoms with Gasteiger partial charge in [-0.25, -0.2) is 4.79 Å². The number of carbonyl (C=O) groups is 1. The number of benzene rings is 2. The largest absolute Gasteiger partial charge is 0.485 e. The Kier molecular flexibility index (Phi) is 4.34. The number of fused-ring (bicyclic) bond motifs is 1. The molecule has 2 aromatic carbocycles. The summed E-state index contributed by atoms with van der Waals surface area (Å²) in [6.07, 6.45) is -0.976. The molecule has 0 aliphatic carbocycles. The van der Waals surface area contributed by atoms with Crippen LogP contribution in [-0.4, -0.2) is 22.8 Å². The van der Waals surface area contributed by atoms with Gasteiger partial charge >= 0.3 is 6.03 Å². The molecule has 3 rings (SSSR count). The first-order valence-electron chi connectivity index (χ1n) is 7.94. The van der Waals surface area contributed by atoms with Gasteiger partial charge in [-0.15, -0.1) is 0 Å². The second-order valence-corrected chi connectivity index (χ2v) is 6.46. The van der Waals surface area contributed by atoms with Crippen LogP contribution in [0.3, 0.4) is 0 Å². The monoisotopic (exact) mass is 337 g/mol. The van der Waals surface area contributed by atoms with E-state index in [4.69, 9.17) is 10.00 Å². The molecule has 3 N–H and O–H groups in total. The molecule has 6 nitrogen and oxygen atoms in total. The molecular formula is C19H19N3O3. The van der Waals surface area contributed by atoms with Gasteiger partial charge < -0.3 is 20.5 Å². The molecule has 1 aliphatic rings. The van der Waals surface area contributed by atoms with Gasteiger partial charge in [-0.3, -0.25) is 0 Å². The van der Waals surface area contributed by atoms with Crippen molar-refractivity contribution in [3.05, 3.63) is 59.7 Å². The minimum Gasteiger partial charge on any atom is -0.485 e. The van der Waals surface area contributed by atoms with Gasteiger partial charge in [0.1, 0.15) is 17.5 Å². The lowest BCUT2D eigenvalue weighted by molar-refractivity contribution is -0.0618. The molecule has 0 spiro atoms. The number of amides is 2. The van der Waals surface area contributed by atoms with E-state index in [-0.39, 0.29) is 0 Å². The Morgan fingerprint density at radius 1 is 1.24 bits per heavy atom. The minimum atomic E-state index is -0.976. The van der Waals surface area contributed by atoms with Crippen molar-refractivity contribution >= 4 is 11.7 Å². The average Bonchev–Trinajstić information content (AvgIpc) is 2.59. The van der Waals surface area contributed by atoms with Crippen molar-refractivity contribution in [3.8, 4) is 11.8 Å². The predicted octanol–water partition coefficient (Wildman–Crippen LogP) is 2.95. The zero-order valence-corrected chi connectivity index (χ0v) is 14.0. The Balaban J connectivity index is 1.88. The molecule has 128 valence electrons. The van der Waals surface area contributed by atoms with Crippen LogP contribution in [0.2, 0.25) is 0 Å². The fourth-order valence-corrected chi connectivity index (χ4v) is 2.86. The maximum absolute atomic E-state index is 12.4. The highest BCUT2D eigenvalue weighted by atomic mass is 16.5. The first-order chi connectivity index (χ1) is 11.9. The van der Waals surface area contributed by atoms with Gasteiger partial charge in [-0.2, -0.15) is 5.26 Å². The summed E-state index contributed by atoms with van der Waals surface area (Å²) in [5, 5.41) is 25.3. The van der Waals surface area contributed by atoms with E-state index < -0.39 is 23.8 Å². The zero-order chi connectivity index (χ0) is 18.0. The number of aliphatic hydroxyl groups is 1. The van der Waals surface area contributed by atoms with Gasteiger partial charge in [0.15, 0.2) is 0 Å². The molecular weight excluding hydrogens is 318 g/mol. The van der Waals surface area contributed by atoms with Crippen LogP contribution in [0.25, 0.3) is 0 Å². The zero-order valence-electron chi connectivity index (χ0n) is 14.0. The number of ether oxygens (including phenoxy) is 1. The smallest absolute Gasteiger partial charge is 0.319 e. The summed E-state index contributed by atoms with van der Waals surface area (Å²) >= 11 is 0. The minimum absolute atomic E-state index is 0.435. The number of hydrogen-bond acceptors (Lipinski definition) is 4. The summed E-state index contributed by atoms with van der Waals surface area (Å²) < 4.78 is 5.83. The third kappa shape index (κ3) is 3.42. The topological polar surface area (TPSA) is 94.4 Å². The number of hydrogen-bond donors (Lipinski definition) is 3. The molecule has 2 amide bonds. The molecule has 1 heterocycles. The highest BCUT2D eigenvalue weighted by molar-refractivity contribution is 5.89. The fourth-order valence-electron chi connectivity index (χ4n) is 2.86. The first kappa shape index (κ1) is 16.8. The van der Waals surface area contributed by atoms with Crippen molar-refractivity contribution in [1.29, 1.82) is 5.26 Å². The molecule has 0 aromatic heterocycles. The van der Waals surface area contributed by atoms with Crippen molar-refractivity contribution < 1.29 is 14.6 Å². The summed E-state index contributed by atoms with van der Waals surface area (Å²) in [4.78, 5) is 12.4. The van der Waals surface area contributed by atoms with Gasteiger partial charge in [-0.05, 0) is 44.2 Å². The summed E-state index contributed by atoms with van der Waals surface area (Å²) in [6.45, 7) is 3.51. The second kappa shape index (κ2) is 6.46. The number of carbonyl (C=O) groups excluding carboxylic acids is 1. The fraction of sp³-hybridized carbons (Fsp3) is 0.263. The Bertz CT molecular complexity index is 828. The van der Waals surface area contributed by atoms with Crippen LogP contribution in [0.5, 0.6) is 5.75 Å². The molecule has 2 aromatic rings. The molecule has 0 saturated heterocycles. The molecule has 0 fully saturated rings. The summed E-state index contributed by atoms with van der Waals surface area (Å²) in [7, 11) is 0. The van der Waals surface area contributed by atoms with Crippen molar-refractivity contribution in [2.75, 3.05) is 5.32 Å². The number of anilines is 1. The number of para-hydroxylation sites is 1. The summed E-state index contributed by atoms with van der Waals surface area (Å²) in [5.74, 6) is 0.541. The second-order valence-electron chi connectivity index (χ2n) is 6.46. The van der Waals surface area contributed by atoms with Crippen molar-refractivity contribution in [3.63, 3.8) is 0 Å². The number of nitrogens with one attached hydrogen (secondary N) is 2. The maximum atomic E-state index is 12.4. The van der Waals surface area contributed by atoms with Crippen LogP contribution in [0.1, 0.15) is 31.0 Å². The van der Waals surface area contributed by atoms with E-state index >= 15 is 0 Å². The highest BCUT2D eigenvalue weighted by Crippen LogP contribution is 2.40. The van der Waals surface area contributed by atoms with Crippen LogP contribution >= 0.6 is 0 Å². The van der Waals surface area contributed by atoms with E-state index in [1.807, 2.05) is 18.2 Å². The lowest BCUT2D eigenvalue weighted by Crippen LogP contribution is -2.54. The molecule has 2 atom stereocenters. The van der Waals surface area contributed by atoms with E-state index in [0.717, 1.165) is 0 Å². The first-order valence-corrected chi connectivity index (χ1v) is 7.94. The van der Waals surface area contributed by atoms with E-state index in [9.17, 15) is 9.90 Å². The van der Waals surface area contributed by atoms with E-state index in [0.29, 0.717) is 22.6 Å². The SMILES string of the molecule is CC1(C)Oc2ccc(C#N)cc2[C@@H](NC(=O)Nc2ccccc2)[C@H]1O. The van der Waals surface area contributed by atoms with Gasteiger partial charge in [0, 0.05) is 11.3 Å².